The van der Waals surface area contributed by atoms with Crippen molar-refractivity contribution in [2.75, 3.05) is 6.54 Å². The minimum atomic E-state index is -0.156. The summed E-state index contributed by atoms with van der Waals surface area (Å²) in [5.74, 6) is 0.346. The Kier molecular flexibility index (Phi) is 3.55. The SMILES string of the molecule is CCC(CC)n1ccc(C(=O)N2CC=C(N)N2)n1. The van der Waals surface area contributed by atoms with Gasteiger partial charge in [-0.15, -0.1) is 0 Å². The predicted octanol–water partition coefficient (Wildman–Crippen LogP) is 1.00. The molecule has 98 valence electrons. The molecule has 0 radical (unpaired) electrons. The second-order valence-corrected chi connectivity index (χ2v) is 4.34. The normalized spacial score (nSPS) is 14.8. The zero-order valence-electron chi connectivity index (χ0n) is 10.8. The maximum absolute atomic E-state index is 12.1. The van der Waals surface area contributed by atoms with Crippen molar-refractivity contribution >= 4 is 5.91 Å². The lowest BCUT2D eigenvalue weighted by atomic mass is 10.2. The van der Waals surface area contributed by atoms with Crippen molar-refractivity contribution in [2.24, 2.45) is 5.73 Å². The summed E-state index contributed by atoms with van der Waals surface area (Å²) in [6, 6.07) is 2.10. The molecule has 18 heavy (non-hydrogen) atoms. The van der Waals surface area contributed by atoms with Gasteiger partial charge in [0.1, 0.15) is 5.82 Å². The summed E-state index contributed by atoms with van der Waals surface area (Å²) in [5, 5.41) is 5.80. The molecular formula is C12H19N5O. The van der Waals surface area contributed by atoms with Crippen LogP contribution in [0.1, 0.15) is 43.2 Å². The Morgan fingerprint density at radius 3 is 2.83 bits per heavy atom. The number of carbonyl (C=O) groups is 1. The van der Waals surface area contributed by atoms with Gasteiger partial charge in [-0.1, -0.05) is 13.8 Å². The van der Waals surface area contributed by atoms with E-state index in [4.69, 9.17) is 5.73 Å². The molecule has 6 heteroatoms. The molecule has 0 spiro atoms. The standard InChI is InChI=1S/C12H19N5O/c1-3-9(4-2)16-7-5-10(14-16)12(18)17-8-6-11(13)15-17/h5-7,9,15H,3-4,8,13H2,1-2H3. The van der Waals surface area contributed by atoms with E-state index in [2.05, 4.69) is 24.4 Å². The molecule has 0 aromatic carbocycles. The van der Waals surface area contributed by atoms with Crippen molar-refractivity contribution in [3.63, 3.8) is 0 Å². The van der Waals surface area contributed by atoms with Crippen LogP contribution in [0.25, 0.3) is 0 Å². The first-order valence-electron chi connectivity index (χ1n) is 6.25. The summed E-state index contributed by atoms with van der Waals surface area (Å²) >= 11 is 0. The molecule has 1 aromatic heterocycles. The van der Waals surface area contributed by atoms with Crippen LogP contribution in [0, 0.1) is 0 Å². The number of hydrogen-bond donors (Lipinski definition) is 2. The van der Waals surface area contributed by atoms with E-state index in [1.165, 1.54) is 5.01 Å². The van der Waals surface area contributed by atoms with Crippen LogP contribution in [-0.2, 0) is 0 Å². The van der Waals surface area contributed by atoms with Crippen LogP contribution in [0.5, 0.6) is 0 Å². The van der Waals surface area contributed by atoms with Crippen molar-refractivity contribution in [2.45, 2.75) is 32.7 Å². The van der Waals surface area contributed by atoms with Crippen LogP contribution in [-0.4, -0.2) is 27.2 Å². The van der Waals surface area contributed by atoms with Gasteiger partial charge < -0.3 is 5.73 Å². The highest BCUT2D eigenvalue weighted by atomic mass is 16.2. The first kappa shape index (κ1) is 12.5. The molecule has 6 nitrogen and oxygen atoms in total. The fourth-order valence-electron chi connectivity index (χ4n) is 2.03. The number of hydrogen-bond acceptors (Lipinski definition) is 4. The van der Waals surface area contributed by atoms with E-state index in [0.29, 0.717) is 24.1 Å². The summed E-state index contributed by atoms with van der Waals surface area (Å²) in [4.78, 5) is 12.1. The van der Waals surface area contributed by atoms with Gasteiger partial charge in [0.05, 0.1) is 12.6 Å². The second-order valence-electron chi connectivity index (χ2n) is 4.34. The zero-order valence-corrected chi connectivity index (χ0v) is 10.8. The smallest absolute Gasteiger partial charge is 0.293 e. The quantitative estimate of drug-likeness (QED) is 0.834. The van der Waals surface area contributed by atoms with Crippen LogP contribution >= 0.6 is 0 Å². The summed E-state index contributed by atoms with van der Waals surface area (Å²) in [6.45, 7) is 4.70. The molecular weight excluding hydrogens is 230 g/mol. The minimum absolute atomic E-state index is 0.156. The summed E-state index contributed by atoms with van der Waals surface area (Å²) in [5.41, 5.74) is 8.80. The molecule has 1 amide bonds. The van der Waals surface area contributed by atoms with Gasteiger partial charge in [0.25, 0.3) is 5.91 Å². The van der Waals surface area contributed by atoms with Crippen LogP contribution in [0.15, 0.2) is 24.2 Å². The third-order valence-electron chi connectivity index (χ3n) is 3.15. The molecule has 0 atom stereocenters. The molecule has 0 saturated heterocycles. The Balaban J connectivity index is 2.08. The third-order valence-corrected chi connectivity index (χ3v) is 3.15. The minimum Gasteiger partial charge on any atom is -0.384 e. The number of nitrogens with one attached hydrogen (secondary N) is 1. The van der Waals surface area contributed by atoms with Crippen LogP contribution < -0.4 is 11.2 Å². The molecule has 0 unspecified atom stereocenters. The molecule has 2 heterocycles. The predicted molar refractivity (Wildman–Crippen MR) is 68.3 cm³/mol. The van der Waals surface area contributed by atoms with Gasteiger partial charge in [-0.05, 0) is 25.0 Å². The highest BCUT2D eigenvalue weighted by Gasteiger charge is 2.21. The highest BCUT2D eigenvalue weighted by molar-refractivity contribution is 5.92. The van der Waals surface area contributed by atoms with E-state index >= 15 is 0 Å². The maximum atomic E-state index is 12.1. The van der Waals surface area contributed by atoms with E-state index in [1.807, 2.05) is 10.9 Å². The fourth-order valence-corrected chi connectivity index (χ4v) is 2.03. The largest absolute Gasteiger partial charge is 0.384 e. The van der Waals surface area contributed by atoms with Crippen molar-refractivity contribution in [3.05, 3.63) is 29.9 Å². The van der Waals surface area contributed by atoms with Gasteiger partial charge in [-0.3, -0.25) is 14.9 Å². The first-order chi connectivity index (χ1) is 8.65. The van der Waals surface area contributed by atoms with Gasteiger partial charge >= 0.3 is 0 Å². The molecule has 0 fully saturated rings. The van der Waals surface area contributed by atoms with Crippen molar-refractivity contribution in [1.29, 1.82) is 0 Å². The maximum Gasteiger partial charge on any atom is 0.293 e. The van der Waals surface area contributed by atoms with Crippen molar-refractivity contribution in [3.8, 4) is 0 Å². The molecule has 1 aromatic rings. The molecule has 3 N–H and O–H groups in total. The summed E-state index contributed by atoms with van der Waals surface area (Å²) in [6.07, 6.45) is 5.62. The third kappa shape index (κ3) is 2.32. The van der Waals surface area contributed by atoms with Crippen LogP contribution in [0.4, 0.5) is 0 Å². The van der Waals surface area contributed by atoms with Crippen LogP contribution in [0.2, 0.25) is 0 Å². The monoisotopic (exact) mass is 249 g/mol. The van der Waals surface area contributed by atoms with Gasteiger partial charge in [0.15, 0.2) is 5.69 Å². The first-order valence-corrected chi connectivity index (χ1v) is 6.25. The molecule has 0 bridgehead atoms. The summed E-state index contributed by atoms with van der Waals surface area (Å²) in [7, 11) is 0. The Morgan fingerprint density at radius 2 is 2.28 bits per heavy atom. The average Bonchev–Trinajstić information content (AvgIpc) is 2.99. The molecule has 2 rings (SSSR count). The van der Waals surface area contributed by atoms with E-state index in [0.717, 1.165) is 12.8 Å². The number of rotatable bonds is 4. The average molecular weight is 249 g/mol. The molecule has 1 aliphatic heterocycles. The lowest BCUT2D eigenvalue weighted by molar-refractivity contribution is 0.0723. The highest BCUT2D eigenvalue weighted by Crippen LogP contribution is 2.15. The zero-order chi connectivity index (χ0) is 13.1. The van der Waals surface area contributed by atoms with Crippen LogP contribution in [0.3, 0.4) is 0 Å². The van der Waals surface area contributed by atoms with Crippen molar-refractivity contribution in [1.82, 2.24) is 20.2 Å². The molecule has 0 aliphatic carbocycles. The number of aromatic nitrogens is 2. The van der Waals surface area contributed by atoms with Gasteiger partial charge in [0, 0.05) is 6.20 Å². The van der Waals surface area contributed by atoms with E-state index in [9.17, 15) is 4.79 Å². The second kappa shape index (κ2) is 5.12. The molecule has 0 saturated carbocycles. The van der Waals surface area contributed by atoms with E-state index in [1.54, 1.807) is 12.1 Å². The lowest BCUT2D eigenvalue weighted by Crippen LogP contribution is -2.39. The van der Waals surface area contributed by atoms with Gasteiger partial charge in [-0.25, -0.2) is 5.01 Å². The number of amides is 1. The van der Waals surface area contributed by atoms with Crippen molar-refractivity contribution < 1.29 is 4.79 Å². The van der Waals surface area contributed by atoms with Gasteiger partial charge in [-0.2, -0.15) is 5.10 Å². The Bertz CT molecular complexity index is 461. The Labute approximate surface area is 106 Å². The lowest BCUT2D eigenvalue weighted by Gasteiger charge is -2.16. The molecule has 1 aliphatic rings. The number of nitrogens with two attached hydrogens (primary N) is 1. The summed E-state index contributed by atoms with van der Waals surface area (Å²) < 4.78 is 1.86. The Morgan fingerprint density at radius 1 is 1.56 bits per heavy atom. The number of nitrogens with zero attached hydrogens (tertiary/aromatic N) is 3. The van der Waals surface area contributed by atoms with E-state index < -0.39 is 0 Å². The van der Waals surface area contributed by atoms with Gasteiger partial charge in [0.2, 0.25) is 0 Å². The topological polar surface area (TPSA) is 76.2 Å². The number of hydrazine groups is 1. The fraction of sp³-hybridized carbons (Fsp3) is 0.500. The number of carbonyl (C=O) groups excluding carboxylic acids is 1. The Hall–Kier alpha value is -1.98. The van der Waals surface area contributed by atoms with E-state index in [-0.39, 0.29) is 5.91 Å².